The lowest BCUT2D eigenvalue weighted by atomic mass is 9.83. The summed E-state index contributed by atoms with van der Waals surface area (Å²) in [5.74, 6) is 1.22. The van der Waals surface area contributed by atoms with E-state index in [0.29, 0.717) is 25.4 Å². The van der Waals surface area contributed by atoms with Crippen molar-refractivity contribution >= 4 is 26.2 Å². The predicted octanol–water partition coefficient (Wildman–Crippen LogP) is 8.52. The third-order valence-electron chi connectivity index (χ3n) is 11.1. The fourth-order valence-electron chi connectivity index (χ4n) is 6.53. The van der Waals surface area contributed by atoms with Gasteiger partial charge in [0.2, 0.25) is 5.91 Å². The number of carboxylic acid groups (broad SMARTS) is 1. The third-order valence-corrected chi connectivity index (χ3v) is 15.7. The number of esters is 1. The van der Waals surface area contributed by atoms with Crippen LogP contribution in [0.25, 0.3) is 0 Å². The number of allylic oxidation sites excluding steroid dienone is 1. The molecule has 0 spiro atoms. The van der Waals surface area contributed by atoms with Gasteiger partial charge in [0.1, 0.15) is 18.4 Å². The number of amides is 1. The zero-order valence-electron chi connectivity index (χ0n) is 36.2. The number of carboxylic acids is 1. The van der Waals surface area contributed by atoms with E-state index in [9.17, 15) is 24.6 Å². The Morgan fingerprint density at radius 2 is 1.58 bits per heavy atom. The predicted molar refractivity (Wildman–Crippen MR) is 226 cm³/mol. The summed E-state index contributed by atoms with van der Waals surface area (Å²) in [5, 5.41) is 24.9. The topological polar surface area (TPSA) is 150 Å². The van der Waals surface area contributed by atoms with Gasteiger partial charge in [0.05, 0.1) is 25.7 Å². The number of aliphatic carboxylic acids is 1. The number of ether oxygens (including phenoxy) is 4. The van der Waals surface area contributed by atoms with Crippen LogP contribution in [-0.4, -0.2) is 86.8 Å². The van der Waals surface area contributed by atoms with E-state index in [4.69, 9.17) is 23.4 Å². The largest absolute Gasteiger partial charge is 0.481 e. The molecule has 1 fully saturated rings. The van der Waals surface area contributed by atoms with Crippen LogP contribution in [0.15, 0.2) is 36.4 Å². The van der Waals surface area contributed by atoms with E-state index in [0.717, 1.165) is 50.5 Å². The Morgan fingerprint density at radius 1 is 0.965 bits per heavy atom. The molecule has 1 aromatic carbocycles. The van der Waals surface area contributed by atoms with Gasteiger partial charge in [-0.1, -0.05) is 96.4 Å². The molecule has 0 aromatic heterocycles. The molecule has 1 amide bonds. The molecule has 1 saturated heterocycles. The highest BCUT2D eigenvalue weighted by Gasteiger charge is 2.48. The van der Waals surface area contributed by atoms with Crippen molar-refractivity contribution in [3.63, 3.8) is 0 Å². The summed E-state index contributed by atoms with van der Waals surface area (Å²) < 4.78 is 29.3. The smallest absolute Gasteiger partial charge is 0.336 e. The number of carbonyl (C=O) groups excluding carboxylic acids is 2. The quantitative estimate of drug-likeness (QED) is 0.0247. The summed E-state index contributed by atoms with van der Waals surface area (Å²) >= 11 is 0. The van der Waals surface area contributed by atoms with Gasteiger partial charge in [-0.3, -0.25) is 4.79 Å². The fraction of sp³-hybridized carbons (Fsp3) is 0.711. The van der Waals surface area contributed by atoms with Crippen molar-refractivity contribution < 1.29 is 48.0 Å². The molecule has 11 nitrogen and oxygen atoms in total. The lowest BCUT2D eigenvalue weighted by Gasteiger charge is -2.37. The summed E-state index contributed by atoms with van der Waals surface area (Å²) in [7, 11) is -2.30. The van der Waals surface area contributed by atoms with E-state index < -0.39 is 49.5 Å². The molecule has 57 heavy (non-hydrogen) atoms. The fourth-order valence-corrected chi connectivity index (χ4v) is 7.58. The normalized spacial score (nSPS) is 16.3. The minimum Gasteiger partial charge on any atom is -0.481 e. The Kier molecular flexibility index (Phi) is 22.2. The molecule has 12 heteroatoms. The van der Waals surface area contributed by atoms with E-state index >= 15 is 0 Å². The number of nitrogens with one attached hydrogen (secondary N) is 1. The Hall–Kier alpha value is -3.21. The van der Waals surface area contributed by atoms with Gasteiger partial charge in [0.15, 0.2) is 19.7 Å². The van der Waals surface area contributed by atoms with Crippen molar-refractivity contribution in [1.29, 1.82) is 0 Å². The van der Waals surface area contributed by atoms with E-state index in [2.05, 4.69) is 44.9 Å². The number of rotatable bonds is 28. The van der Waals surface area contributed by atoms with Crippen molar-refractivity contribution in [1.82, 2.24) is 5.32 Å². The van der Waals surface area contributed by atoms with Gasteiger partial charge >= 0.3 is 11.9 Å². The second kappa shape index (κ2) is 25.3. The number of benzene rings is 1. The first-order valence-corrected chi connectivity index (χ1v) is 24.1. The number of carbonyl (C=O) groups is 3. The average Bonchev–Trinajstić information content (AvgIpc) is 3.62. The van der Waals surface area contributed by atoms with Gasteiger partial charge in [0, 0.05) is 32.3 Å². The molecular weight excluding hydrogens is 743 g/mol. The van der Waals surface area contributed by atoms with Gasteiger partial charge in [0.25, 0.3) is 0 Å². The molecule has 3 N–H and O–H groups in total. The van der Waals surface area contributed by atoms with E-state index in [1.165, 1.54) is 31.8 Å². The standard InChI is InChI=1S/C45H73NO10Si/c1-9-12-14-18-21-28-44(54-33-34-55-44)29-22-19-16-15-17-20-23-38(45(51,42(49)50)30-32-56-57(7,8)43(4,5)6)40(47)46-39(41(48)52-11-3)35-36-24-26-37(27-25-36)53-31-13-10-2/h20,23-27,38-39,51H,9,11-12,14-19,21-22,28-35H2,1-8H3,(H,46,47)(H,49,50)/b23-20+/t38-,39+,45+/m1/s1. The van der Waals surface area contributed by atoms with Gasteiger partial charge in [-0.2, -0.15) is 0 Å². The molecule has 322 valence electrons. The highest BCUT2D eigenvalue weighted by Crippen LogP contribution is 2.37. The van der Waals surface area contributed by atoms with Crippen molar-refractivity contribution in [2.75, 3.05) is 33.0 Å². The average molecular weight is 816 g/mol. The van der Waals surface area contributed by atoms with Crippen LogP contribution >= 0.6 is 0 Å². The molecular formula is C45H73NO10Si. The molecule has 1 heterocycles. The highest BCUT2D eigenvalue weighted by molar-refractivity contribution is 6.74. The minimum atomic E-state index is -2.51. The number of unbranched alkanes of at least 4 members (excludes halogenated alkanes) is 8. The van der Waals surface area contributed by atoms with Crippen molar-refractivity contribution in [2.45, 2.75) is 167 Å². The van der Waals surface area contributed by atoms with Gasteiger partial charge < -0.3 is 38.9 Å². The van der Waals surface area contributed by atoms with E-state index in [-0.39, 0.29) is 37.7 Å². The summed E-state index contributed by atoms with van der Waals surface area (Å²) in [6, 6.07) is 5.91. The first kappa shape index (κ1) is 49.9. The monoisotopic (exact) mass is 816 g/mol. The molecule has 3 atom stereocenters. The zero-order valence-corrected chi connectivity index (χ0v) is 37.2. The third kappa shape index (κ3) is 17.3. The molecule has 0 saturated carbocycles. The molecule has 0 bridgehead atoms. The van der Waals surface area contributed by atoms with Crippen LogP contribution in [0.4, 0.5) is 0 Å². The Morgan fingerprint density at radius 3 is 2.14 bits per heavy atom. The van der Waals surface area contributed by atoms with Gasteiger partial charge in [-0.15, -0.1) is 5.92 Å². The van der Waals surface area contributed by atoms with Crippen molar-refractivity contribution in [3.8, 4) is 17.6 Å². The molecule has 1 aliphatic rings. The van der Waals surface area contributed by atoms with Crippen molar-refractivity contribution in [2.24, 2.45) is 5.92 Å². The van der Waals surface area contributed by atoms with Crippen LogP contribution in [0.3, 0.4) is 0 Å². The van der Waals surface area contributed by atoms with Gasteiger partial charge in [-0.05, 0) is 75.4 Å². The second-order valence-electron chi connectivity index (χ2n) is 16.6. The SMILES string of the molecule is CC#CCOc1ccc(C[C@H](NC(=O)[C@@H](/C=C/CCCCCCC2(CCCCCCC)OCCO2)[C@@](O)(CCO[Si](C)(C)C(C)(C)C)C(=O)O)C(=O)OCC)cc1. The van der Waals surface area contributed by atoms with Crippen LogP contribution < -0.4 is 10.1 Å². The van der Waals surface area contributed by atoms with Crippen LogP contribution in [-0.2, 0) is 39.4 Å². The van der Waals surface area contributed by atoms with E-state index in [1.807, 2.05) is 13.1 Å². The van der Waals surface area contributed by atoms with E-state index in [1.54, 1.807) is 44.2 Å². The van der Waals surface area contributed by atoms with Crippen molar-refractivity contribution in [3.05, 3.63) is 42.0 Å². The lowest BCUT2D eigenvalue weighted by molar-refractivity contribution is -0.168. The number of hydrogen-bond donors (Lipinski definition) is 3. The first-order chi connectivity index (χ1) is 27.0. The number of hydrogen-bond acceptors (Lipinski definition) is 9. The lowest BCUT2D eigenvalue weighted by Crippen LogP contribution is -2.55. The molecule has 0 aliphatic carbocycles. The maximum atomic E-state index is 14.1. The molecule has 1 aliphatic heterocycles. The summed E-state index contributed by atoms with van der Waals surface area (Å²) in [4.78, 5) is 40.2. The first-order valence-electron chi connectivity index (χ1n) is 21.2. The molecule has 1 aromatic rings. The summed E-state index contributed by atoms with van der Waals surface area (Å²) in [6.07, 6.45) is 15.0. The number of aliphatic hydroxyl groups is 1. The Balaban J connectivity index is 2.19. The molecule has 0 radical (unpaired) electrons. The highest BCUT2D eigenvalue weighted by atomic mass is 28.4. The second-order valence-corrected chi connectivity index (χ2v) is 21.4. The maximum Gasteiger partial charge on any atom is 0.336 e. The zero-order chi connectivity index (χ0) is 42.4. The summed E-state index contributed by atoms with van der Waals surface area (Å²) in [5.41, 5.74) is -1.79. The Bertz CT molecular complexity index is 1440. The van der Waals surface area contributed by atoms with Crippen LogP contribution in [0.1, 0.15) is 131 Å². The maximum absolute atomic E-state index is 14.1. The van der Waals surface area contributed by atoms with Crippen LogP contribution in [0.5, 0.6) is 5.75 Å². The summed E-state index contributed by atoms with van der Waals surface area (Å²) in [6.45, 7) is 17.5. The molecule has 0 unspecified atom stereocenters. The minimum absolute atomic E-state index is 0.0515. The Labute approximate surface area is 344 Å². The van der Waals surface area contributed by atoms with Crippen LogP contribution in [0.2, 0.25) is 18.1 Å². The van der Waals surface area contributed by atoms with Crippen LogP contribution in [0, 0.1) is 17.8 Å². The van der Waals surface area contributed by atoms with Gasteiger partial charge in [-0.25, -0.2) is 9.59 Å². The molecule has 2 rings (SSSR count).